The number of piperidine rings is 1. The van der Waals surface area contributed by atoms with Gasteiger partial charge in [-0.3, -0.25) is 9.69 Å². The van der Waals surface area contributed by atoms with E-state index in [0.717, 1.165) is 25.1 Å². The number of thiazole rings is 1. The Morgan fingerprint density at radius 1 is 1.67 bits per heavy atom. The number of hydrogen-bond acceptors (Lipinski definition) is 6. The molecule has 0 aromatic carbocycles. The number of carbonyl (C=O) groups is 1. The third-order valence-corrected chi connectivity index (χ3v) is 4.48. The van der Waals surface area contributed by atoms with Gasteiger partial charge in [0.05, 0.1) is 18.3 Å². The van der Waals surface area contributed by atoms with Gasteiger partial charge in [-0.1, -0.05) is 0 Å². The van der Waals surface area contributed by atoms with Crippen molar-refractivity contribution in [3.8, 4) is 0 Å². The molecule has 1 aliphatic rings. The third-order valence-electron chi connectivity index (χ3n) is 3.61. The zero-order valence-corrected chi connectivity index (χ0v) is 14.0. The van der Waals surface area contributed by atoms with E-state index in [1.54, 1.807) is 7.11 Å². The summed E-state index contributed by atoms with van der Waals surface area (Å²) in [5.74, 6) is -0.0336. The van der Waals surface area contributed by atoms with Crippen LogP contribution in [0.4, 0.5) is 5.13 Å². The van der Waals surface area contributed by atoms with Gasteiger partial charge in [0.15, 0.2) is 5.13 Å². The van der Waals surface area contributed by atoms with E-state index < -0.39 is 0 Å². The molecule has 8 heteroatoms. The number of aromatic nitrogens is 1. The molecule has 0 spiro atoms. The fourth-order valence-electron chi connectivity index (χ4n) is 2.48. The average Bonchev–Trinajstić information content (AvgIpc) is 2.84. The van der Waals surface area contributed by atoms with Crippen molar-refractivity contribution in [2.45, 2.75) is 31.9 Å². The van der Waals surface area contributed by atoms with Crippen molar-refractivity contribution in [2.24, 2.45) is 5.73 Å². The number of likely N-dealkylation sites (tertiary alicyclic amines) is 1. The van der Waals surface area contributed by atoms with Crippen LogP contribution in [-0.2, 0) is 9.53 Å². The van der Waals surface area contributed by atoms with Gasteiger partial charge >= 0.3 is 0 Å². The fourth-order valence-corrected chi connectivity index (χ4v) is 3.19. The predicted molar refractivity (Wildman–Crippen MR) is 87.2 cm³/mol. The zero-order chi connectivity index (χ0) is 14.5. The number of aryl methyl sites for hydroxylation is 1. The highest BCUT2D eigenvalue weighted by molar-refractivity contribution is 7.13. The Morgan fingerprint density at radius 2 is 2.43 bits per heavy atom. The molecule has 3 N–H and O–H groups in total. The van der Waals surface area contributed by atoms with Crippen LogP contribution in [0.15, 0.2) is 5.38 Å². The average molecular weight is 335 g/mol. The molecule has 2 rings (SSSR count). The Hall–Kier alpha value is -0.730. The standard InChI is InChI=1S/C13H22N4O2S.ClH/c1-9-8-20-13(15-9)16-12(18)7-17-4-3-11(19-2)5-10(17)6-14;/h8,10-11H,3-7,14H2,1-2H3,(H,15,16,18);1H. The minimum absolute atomic E-state index is 0. The van der Waals surface area contributed by atoms with Gasteiger partial charge < -0.3 is 15.8 Å². The van der Waals surface area contributed by atoms with Crippen molar-refractivity contribution in [1.29, 1.82) is 0 Å². The van der Waals surface area contributed by atoms with Crippen LogP contribution in [0.25, 0.3) is 0 Å². The lowest BCUT2D eigenvalue weighted by atomic mass is 9.99. The van der Waals surface area contributed by atoms with Crippen LogP contribution in [0.2, 0.25) is 0 Å². The molecule has 21 heavy (non-hydrogen) atoms. The second kappa shape index (κ2) is 8.65. The molecular formula is C13H23ClN4O2S. The van der Waals surface area contributed by atoms with E-state index in [1.165, 1.54) is 11.3 Å². The maximum absolute atomic E-state index is 12.0. The van der Waals surface area contributed by atoms with Crippen LogP contribution in [0.3, 0.4) is 0 Å². The van der Waals surface area contributed by atoms with Gasteiger partial charge in [-0.05, 0) is 19.8 Å². The molecule has 120 valence electrons. The van der Waals surface area contributed by atoms with Crippen molar-refractivity contribution in [1.82, 2.24) is 9.88 Å². The first kappa shape index (κ1) is 18.3. The monoisotopic (exact) mass is 334 g/mol. The molecule has 0 radical (unpaired) electrons. The van der Waals surface area contributed by atoms with Crippen molar-refractivity contribution in [2.75, 3.05) is 32.1 Å². The number of nitrogens with zero attached hydrogens (tertiary/aromatic N) is 2. The minimum Gasteiger partial charge on any atom is -0.381 e. The second-order valence-electron chi connectivity index (χ2n) is 5.08. The summed E-state index contributed by atoms with van der Waals surface area (Å²) in [6.45, 7) is 3.65. The number of anilines is 1. The van der Waals surface area contributed by atoms with Gasteiger partial charge in [-0.25, -0.2) is 4.98 Å². The molecule has 1 aromatic heterocycles. The molecule has 0 bridgehead atoms. The number of carbonyl (C=O) groups excluding carboxylic acids is 1. The lowest BCUT2D eigenvalue weighted by Crippen LogP contribution is -2.50. The van der Waals surface area contributed by atoms with Crippen LogP contribution < -0.4 is 11.1 Å². The van der Waals surface area contributed by atoms with E-state index >= 15 is 0 Å². The van der Waals surface area contributed by atoms with Crippen LogP contribution in [0.5, 0.6) is 0 Å². The lowest BCUT2D eigenvalue weighted by Gasteiger charge is -2.37. The molecule has 0 saturated carbocycles. The van der Waals surface area contributed by atoms with Gasteiger partial charge in [0.2, 0.25) is 5.91 Å². The summed E-state index contributed by atoms with van der Waals surface area (Å²) < 4.78 is 5.38. The minimum atomic E-state index is -0.0336. The molecule has 2 atom stereocenters. The number of methoxy groups -OCH3 is 1. The Balaban J connectivity index is 0.00000220. The number of nitrogens with one attached hydrogen (secondary N) is 1. The molecular weight excluding hydrogens is 312 g/mol. The maximum atomic E-state index is 12.0. The Bertz CT molecular complexity index is 457. The van der Waals surface area contributed by atoms with Crippen molar-refractivity contribution in [3.63, 3.8) is 0 Å². The van der Waals surface area contributed by atoms with E-state index in [1.807, 2.05) is 12.3 Å². The summed E-state index contributed by atoms with van der Waals surface area (Å²) in [4.78, 5) is 18.4. The van der Waals surface area contributed by atoms with Crippen LogP contribution >= 0.6 is 23.7 Å². The van der Waals surface area contributed by atoms with Crippen molar-refractivity contribution < 1.29 is 9.53 Å². The van der Waals surface area contributed by atoms with Crippen LogP contribution in [0.1, 0.15) is 18.5 Å². The number of amides is 1. The maximum Gasteiger partial charge on any atom is 0.240 e. The van der Waals surface area contributed by atoms with Crippen LogP contribution in [0, 0.1) is 6.92 Å². The summed E-state index contributed by atoms with van der Waals surface area (Å²) in [6, 6.07) is 0.206. The lowest BCUT2D eigenvalue weighted by molar-refractivity contribution is -0.118. The number of ether oxygens (including phenoxy) is 1. The first-order valence-electron chi connectivity index (χ1n) is 6.81. The number of halogens is 1. The molecule has 1 aromatic rings. The first-order chi connectivity index (χ1) is 9.62. The fraction of sp³-hybridized carbons (Fsp3) is 0.692. The smallest absolute Gasteiger partial charge is 0.240 e. The highest BCUT2D eigenvalue weighted by Crippen LogP contribution is 2.19. The molecule has 1 amide bonds. The van der Waals surface area contributed by atoms with E-state index in [0.29, 0.717) is 18.2 Å². The molecule has 1 saturated heterocycles. The summed E-state index contributed by atoms with van der Waals surface area (Å²) >= 11 is 1.44. The van der Waals surface area contributed by atoms with Gasteiger partial charge in [0.1, 0.15) is 0 Å². The number of rotatable bonds is 5. The summed E-state index contributed by atoms with van der Waals surface area (Å²) in [5, 5.41) is 5.41. The first-order valence-corrected chi connectivity index (χ1v) is 7.69. The Morgan fingerprint density at radius 3 is 3.00 bits per heavy atom. The highest BCUT2D eigenvalue weighted by Gasteiger charge is 2.28. The third kappa shape index (κ3) is 5.19. The Kier molecular flexibility index (Phi) is 7.55. The van der Waals surface area contributed by atoms with Gasteiger partial charge in [0, 0.05) is 31.6 Å². The van der Waals surface area contributed by atoms with Crippen molar-refractivity contribution >= 4 is 34.8 Å². The quantitative estimate of drug-likeness (QED) is 0.847. The summed E-state index contributed by atoms with van der Waals surface area (Å²) in [7, 11) is 1.73. The summed E-state index contributed by atoms with van der Waals surface area (Å²) in [6.07, 6.45) is 2.08. The molecule has 2 heterocycles. The predicted octanol–water partition coefficient (Wildman–Crippen LogP) is 1.25. The van der Waals surface area contributed by atoms with E-state index in [4.69, 9.17) is 10.5 Å². The highest BCUT2D eigenvalue weighted by atomic mass is 35.5. The van der Waals surface area contributed by atoms with Gasteiger partial charge in [-0.15, -0.1) is 23.7 Å². The SMILES string of the molecule is COC1CCN(CC(=O)Nc2nc(C)cs2)C(CN)C1.Cl. The van der Waals surface area contributed by atoms with Gasteiger partial charge in [-0.2, -0.15) is 0 Å². The Labute approximate surface area is 135 Å². The molecule has 6 nitrogen and oxygen atoms in total. The topological polar surface area (TPSA) is 80.5 Å². The number of hydrogen-bond donors (Lipinski definition) is 2. The molecule has 2 unspecified atom stereocenters. The van der Waals surface area contributed by atoms with E-state index in [2.05, 4.69) is 15.2 Å². The largest absolute Gasteiger partial charge is 0.381 e. The van der Waals surface area contributed by atoms with Crippen molar-refractivity contribution in [3.05, 3.63) is 11.1 Å². The molecule has 1 fully saturated rings. The molecule has 0 aliphatic carbocycles. The molecule has 1 aliphatic heterocycles. The van der Waals surface area contributed by atoms with Gasteiger partial charge in [0.25, 0.3) is 0 Å². The second-order valence-corrected chi connectivity index (χ2v) is 5.94. The van der Waals surface area contributed by atoms with E-state index in [9.17, 15) is 4.79 Å². The number of nitrogens with two attached hydrogens (primary N) is 1. The summed E-state index contributed by atoms with van der Waals surface area (Å²) in [5.41, 5.74) is 6.73. The zero-order valence-electron chi connectivity index (χ0n) is 12.4. The normalized spacial score (nSPS) is 22.6. The van der Waals surface area contributed by atoms with E-state index in [-0.39, 0.29) is 30.5 Å². The van der Waals surface area contributed by atoms with Crippen LogP contribution in [-0.4, -0.2) is 54.7 Å².